The molecule has 4 rings (SSSR count). The minimum atomic E-state index is -0.163. The SMILES string of the molecule is Cc1ccc2nc(COc3cccc(C(=O)N(C)C(C)c4ccco4)c3)cn2c1. The van der Waals surface area contributed by atoms with Crippen molar-refractivity contribution < 1.29 is 13.9 Å². The third kappa shape index (κ3) is 4.01. The number of hydrogen-bond donors (Lipinski definition) is 0. The van der Waals surface area contributed by atoms with Gasteiger partial charge in [-0.05, 0) is 55.8 Å². The van der Waals surface area contributed by atoms with Crippen LogP contribution in [0.25, 0.3) is 5.65 Å². The third-order valence-corrected chi connectivity index (χ3v) is 4.97. The Balaban J connectivity index is 1.45. The summed E-state index contributed by atoms with van der Waals surface area (Å²) in [4.78, 5) is 19.1. The van der Waals surface area contributed by atoms with E-state index in [1.807, 2.05) is 67.0 Å². The molecule has 0 saturated heterocycles. The molecule has 0 spiro atoms. The van der Waals surface area contributed by atoms with E-state index in [0.29, 0.717) is 17.9 Å². The van der Waals surface area contributed by atoms with Crippen molar-refractivity contribution in [3.8, 4) is 5.75 Å². The highest BCUT2D eigenvalue weighted by atomic mass is 16.5. The predicted octanol–water partition coefficient (Wildman–Crippen LogP) is 4.65. The van der Waals surface area contributed by atoms with Crippen molar-refractivity contribution in [2.24, 2.45) is 0 Å². The normalized spacial score (nSPS) is 12.1. The van der Waals surface area contributed by atoms with Gasteiger partial charge in [-0.25, -0.2) is 4.98 Å². The molecule has 1 aromatic carbocycles. The van der Waals surface area contributed by atoms with Crippen LogP contribution in [0, 0.1) is 6.92 Å². The van der Waals surface area contributed by atoms with Crippen LogP contribution in [0.1, 0.15) is 40.3 Å². The number of carbonyl (C=O) groups is 1. The number of hydrogen-bond acceptors (Lipinski definition) is 4. The number of benzene rings is 1. The second-order valence-electron chi connectivity index (χ2n) is 7.13. The van der Waals surface area contributed by atoms with Crippen molar-refractivity contribution in [2.45, 2.75) is 26.5 Å². The zero-order chi connectivity index (χ0) is 20.4. The average molecular weight is 389 g/mol. The van der Waals surface area contributed by atoms with Gasteiger partial charge in [-0.15, -0.1) is 0 Å². The fourth-order valence-corrected chi connectivity index (χ4v) is 3.20. The Morgan fingerprint density at radius 1 is 1.21 bits per heavy atom. The van der Waals surface area contributed by atoms with Crippen LogP contribution in [0.3, 0.4) is 0 Å². The van der Waals surface area contributed by atoms with E-state index >= 15 is 0 Å². The van der Waals surface area contributed by atoms with E-state index in [-0.39, 0.29) is 11.9 Å². The second kappa shape index (κ2) is 7.83. The molecule has 0 saturated carbocycles. The van der Waals surface area contributed by atoms with E-state index in [0.717, 1.165) is 17.1 Å². The first kappa shape index (κ1) is 18.8. The molecule has 6 heteroatoms. The van der Waals surface area contributed by atoms with E-state index in [1.165, 1.54) is 5.56 Å². The Labute approximate surface area is 169 Å². The molecular weight excluding hydrogens is 366 g/mol. The molecule has 148 valence electrons. The van der Waals surface area contributed by atoms with E-state index in [4.69, 9.17) is 9.15 Å². The van der Waals surface area contributed by atoms with Gasteiger partial charge in [0.25, 0.3) is 5.91 Å². The molecule has 0 fully saturated rings. The Morgan fingerprint density at radius 3 is 2.86 bits per heavy atom. The summed E-state index contributed by atoms with van der Waals surface area (Å²) in [5.74, 6) is 1.28. The number of carbonyl (C=O) groups excluding carboxylic acids is 1. The predicted molar refractivity (Wildman–Crippen MR) is 110 cm³/mol. The molecule has 29 heavy (non-hydrogen) atoms. The summed E-state index contributed by atoms with van der Waals surface area (Å²) in [6.45, 7) is 4.31. The zero-order valence-corrected chi connectivity index (χ0v) is 16.7. The van der Waals surface area contributed by atoms with Crippen molar-refractivity contribution in [1.82, 2.24) is 14.3 Å². The van der Waals surface area contributed by atoms with Crippen molar-refractivity contribution in [2.75, 3.05) is 7.05 Å². The van der Waals surface area contributed by atoms with Crippen LogP contribution in [0.2, 0.25) is 0 Å². The molecule has 0 aliphatic rings. The molecule has 0 aliphatic carbocycles. The summed E-state index contributed by atoms with van der Waals surface area (Å²) in [5, 5.41) is 0. The van der Waals surface area contributed by atoms with E-state index in [1.54, 1.807) is 30.3 Å². The van der Waals surface area contributed by atoms with Gasteiger partial charge < -0.3 is 18.5 Å². The highest BCUT2D eigenvalue weighted by Gasteiger charge is 2.21. The van der Waals surface area contributed by atoms with Gasteiger partial charge in [-0.1, -0.05) is 12.1 Å². The Morgan fingerprint density at radius 2 is 2.07 bits per heavy atom. The summed E-state index contributed by atoms with van der Waals surface area (Å²) < 4.78 is 13.3. The number of pyridine rings is 1. The van der Waals surface area contributed by atoms with Gasteiger partial charge in [-0.2, -0.15) is 0 Å². The summed E-state index contributed by atoms with van der Waals surface area (Å²) in [6.07, 6.45) is 5.59. The molecule has 0 aliphatic heterocycles. The first-order valence-electron chi connectivity index (χ1n) is 9.49. The van der Waals surface area contributed by atoms with Gasteiger partial charge in [0, 0.05) is 25.0 Å². The van der Waals surface area contributed by atoms with Crippen LogP contribution >= 0.6 is 0 Å². The van der Waals surface area contributed by atoms with Crippen molar-refractivity contribution in [3.05, 3.63) is 89.8 Å². The molecule has 6 nitrogen and oxygen atoms in total. The lowest BCUT2D eigenvalue weighted by atomic mass is 10.1. The van der Waals surface area contributed by atoms with Crippen LogP contribution < -0.4 is 4.74 Å². The molecule has 0 N–H and O–H groups in total. The average Bonchev–Trinajstić information content (AvgIpc) is 3.40. The topological polar surface area (TPSA) is 60.0 Å². The molecule has 1 unspecified atom stereocenters. The number of furan rings is 1. The smallest absolute Gasteiger partial charge is 0.254 e. The second-order valence-corrected chi connectivity index (χ2v) is 7.13. The van der Waals surface area contributed by atoms with Crippen molar-refractivity contribution in [3.63, 3.8) is 0 Å². The van der Waals surface area contributed by atoms with Crippen LogP contribution in [-0.2, 0) is 6.61 Å². The first-order valence-corrected chi connectivity index (χ1v) is 9.49. The Hall–Kier alpha value is -3.54. The van der Waals surface area contributed by atoms with Crippen LogP contribution in [0.15, 0.2) is 71.6 Å². The largest absolute Gasteiger partial charge is 0.487 e. The lowest BCUT2D eigenvalue weighted by Gasteiger charge is -2.23. The number of imidazole rings is 1. The lowest BCUT2D eigenvalue weighted by Crippen LogP contribution is -2.29. The standard InChI is InChI=1S/C23H23N3O3/c1-16-9-10-22-24-19(14-26(22)13-16)15-29-20-7-4-6-18(12-20)23(27)25(3)17(2)21-8-5-11-28-21/h4-14,17H,15H2,1-3H3. The van der Waals surface area contributed by atoms with Gasteiger partial charge in [0.05, 0.1) is 18.0 Å². The van der Waals surface area contributed by atoms with Gasteiger partial charge in [0.1, 0.15) is 23.8 Å². The van der Waals surface area contributed by atoms with Crippen LogP contribution in [-0.4, -0.2) is 27.2 Å². The number of aryl methyl sites for hydroxylation is 1. The van der Waals surface area contributed by atoms with Gasteiger partial charge in [0.2, 0.25) is 0 Å². The summed E-state index contributed by atoms with van der Waals surface area (Å²) in [6, 6.07) is 14.7. The fraction of sp³-hybridized carbons (Fsp3) is 0.217. The number of nitrogens with zero attached hydrogens (tertiary/aromatic N) is 3. The van der Waals surface area contributed by atoms with Gasteiger partial charge in [0.15, 0.2) is 0 Å². The maximum atomic E-state index is 12.9. The monoisotopic (exact) mass is 389 g/mol. The Kier molecular flexibility index (Phi) is 5.08. The molecule has 1 atom stereocenters. The minimum absolute atomic E-state index is 0.0949. The van der Waals surface area contributed by atoms with Gasteiger partial charge >= 0.3 is 0 Å². The van der Waals surface area contributed by atoms with Crippen molar-refractivity contribution >= 4 is 11.6 Å². The van der Waals surface area contributed by atoms with Gasteiger partial charge in [-0.3, -0.25) is 4.79 Å². The molecule has 0 bridgehead atoms. The molecule has 3 heterocycles. The van der Waals surface area contributed by atoms with E-state index in [2.05, 4.69) is 4.98 Å². The summed E-state index contributed by atoms with van der Waals surface area (Å²) in [7, 11) is 1.77. The molecule has 1 amide bonds. The first-order chi connectivity index (χ1) is 14.0. The lowest BCUT2D eigenvalue weighted by molar-refractivity contribution is 0.0725. The number of amides is 1. The Bertz CT molecular complexity index is 1130. The van der Waals surface area contributed by atoms with Crippen LogP contribution in [0.5, 0.6) is 5.75 Å². The number of ether oxygens (including phenoxy) is 1. The van der Waals surface area contributed by atoms with Crippen molar-refractivity contribution in [1.29, 1.82) is 0 Å². The maximum absolute atomic E-state index is 12.9. The third-order valence-electron chi connectivity index (χ3n) is 4.97. The number of rotatable bonds is 6. The number of fused-ring (bicyclic) bond motifs is 1. The molecule has 3 aromatic heterocycles. The molecular formula is C23H23N3O3. The summed E-state index contributed by atoms with van der Waals surface area (Å²) in [5.41, 5.74) is 3.44. The molecule has 0 radical (unpaired) electrons. The highest BCUT2D eigenvalue weighted by molar-refractivity contribution is 5.94. The maximum Gasteiger partial charge on any atom is 0.254 e. The summed E-state index contributed by atoms with van der Waals surface area (Å²) >= 11 is 0. The van der Waals surface area contributed by atoms with Crippen LogP contribution in [0.4, 0.5) is 0 Å². The van der Waals surface area contributed by atoms with E-state index in [9.17, 15) is 4.79 Å². The quantitative estimate of drug-likeness (QED) is 0.482. The van der Waals surface area contributed by atoms with E-state index < -0.39 is 0 Å². The molecule has 4 aromatic rings. The minimum Gasteiger partial charge on any atom is -0.487 e. The fourth-order valence-electron chi connectivity index (χ4n) is 3.20. The number of aromatic nitrogens is 2. The highest BCUT2D eigenvalue weighted by Crippen LogP contribution is 2.23. The zero-order valence-electron chi connectivity index (χ0n) is 16.7.